The van der Waals surface area contributed by atoms with Crippen LogP contribution in [-0.2, 0) is 27.4 Å². The lowest BCUT2D eigenvalue weighted by Gasteiger charge is -2.22. The number of ether oxygens (including phenoxy) is 2. The Labute approximate surface area is 195 Å². The van der Waals surface area contributed by atoms with Crippen LogP contribution in [0.25, 0.3) is 0 Å². The molecule has 2 unspecified atom stereocenters. The zero-order chi connectivity index (χ0) is 21.9. The maximum absolute atomic E-state index is 12.7. The highest BCUT2D eigenvalue weighted by atomic mass is 79.9. The monoisotopic (exact) mass is 492 g/mol. The van der Waals surface area contributed by atoms with E-state index in [1.165, 1.54) is 7.11 Å². The van der Waals surface area contributed by atoms with Crippen LogP contribution in [0.15, 0.2) is 54.6 Å². The molecular formula is C24H33BrN2O4. The smallest absolute Gasteiger partial charge is 0.328 e. The Balaban J connectivity index is 0.00000480. The average Bonchev–Trinajstić information content (AvgIpc) is 2.76. The van der Waals surface area contributed by atoms with Crippen LogP contribution < -0.4 is 15.4 Å². The standard InChI is InChI=1S/C24H32N2O4.BrH/c1-17(2)14-22(24(28)29-4)26-23(27)21(25-3)15-18-10-12-20(13-11-18)30-16-19-8-6-5-7-9-19;/h5-13,17,21-22,25H,14-16H2,1-4H3,(H,26,27);1H. The number of amides is 1. The van der Waals surface area contributed by atoms with E-state index in [-0.39, 0.29) is 28.8 Å². The van der Waals surface area contributed by atoms with Gasteiger partial charge in [0.1, 0.15) is 18.4 Å². The Kier molecular flexibility index (Phi) is 11.9. The maximum Gasteiger partial charge on any atom is 0.328 e. The van der Waals surface area contributed by atoms with Gasteiger partial charge in [-0.1, -0.05) is 56.3 Å². The van der Waals surface area contributed by atoms with Crippen molar-refractivity contribution in [2.45, 2.75) is 45.4 Å². The van der Waals surface area contributed by atoms with Gasteiger partial charge in [-0.3, -0.25) is 4.79 Å². The van der Waals surface area contributed by atoms with E-state index >= 15 is 0 Å². The minimum Gasteiger partial charge on any atom is -0.489 e. The summed E-state index contributed by atoms with van der Waals surface area (Å²) in [6.45, 7) is 4.50. The highest BCUT2D eigenvalue weighted by Crippen LogP contribution is 2.16. The Morgan fingerprint density at radius 1 is 0.935 bits per heavy atom. The van der Waals surface area contributed by atoms with E-state index in [9.17, 15) is 9.59 Å². The molecule has 0 saturated carbocycles. The highest BCUT2D eigenvalue weighted by Gasteiger charge is 2.26. The first-order valence-corrected chi connectivity index (χ1v) is 10.2. The molecule has 1 amide bonds. The van der Waals surface area contributed by atoms with Crippen molar-refractivity contribution in [3.8, 4) is 5.75 Å². The first-order chi connectivity index (χ1) is 14.4. The highest BCUT2D eigenvalue weighted by molar-refractivity contribution is 8.93. The summed E-state index contributed by atoms with van der Waals surface area (Å²) in [5, 5.41) is 5.85. The van der Waals surface area contributed by atoms with Gasteiger partial charge in [0.2, 0.25) is 5.91 Å². The van der Waals surface area contributed by atoms with Crippen LogP contribution >= 0.6 is 17.0 Å². The molecular weight excluding hydrogens is 460 g/mol. The number of likely N-dealkylation sites (N-methyl/N-ethyl adjacent to an activating group) is 1. The summed E-state index contributed by atoms with van der Waals surface area (Å²) in [5.74, 6) is 0.381. The molecule has 7 heteroatoms. The van der Waals surface area contributed by atoms with Crippen LogP contribution in [0, 0.1) is 5.92 Å². The number of nitrogens with one attached hydrogen (secondary N) is 2. The van der Waals surface area contributed by atoms with Crippen molar-refractivity contribution in [2.75, 3.05) is 14.2 Å². The van der Waals surface area contributed by atoms with Crippen molar-refractivity contribution in [2.24, 2.45) is 5.92 Å². The number of rotatable bonds is 11. The molecule has 2 aromatic rings. The number of esters is 1. The first-order valence-electron chi connectivity index (χ1n) is 10.2. The molecule has 0 aliphatic carbocycles. The lowest BCUT2D eigenvalue weighted by molar-refractivity contribution is -0.145. The van der Waals surface area contributed by atoms with Crippen molar-refractivity contribution >= 4 is 28.9 Å². The molecule has 0 radical (unpaired) electrons. The van der Waals surface area contributed by atoms with Crippen molar-refractivity contribution < 1.29 is 19.1 Å². The van der Waals surface area contributed by atoms with Crippen LogP contribution in [0.4, 0.5) is 0 Å². The summed E-state index contributed by atoms with van der Waals surface area (Å²) in [5.41, 5.74) is 2.10. The molecule has 0 aliphatic heterocycles. The van der Waals surface area contributed by atoms with Crippen LogP contribution in [-0.4, -0.2) is 38.1 Å². The van der Waals surface area contributed by atoms with Gasteiger partial charge in [-0.25, -0.2) is 4.79 Å². The zero-order valence-corrected chi connectivity index (χ0v) is 20.3. The maximum atomic E-state index is 12.7. The van der Waals surface area contributed by atoms with E-state index < -0.39 is 18.1 Å². The van der Waals surface area contributed by atoms with E-state index in [4.69, 9.17) is 9.47 Å². The normalized spacial score (nSPS) is 12.4. The van der Waals surface area contributed by atoms with E-state index in [2.05, 4.69) is 10.6 Å². The second-order valence-corrected chi connectivity index (χ2v) is 7.68. The van der Waals surface area contributed by atoms with Crippen LogP contribution in [0.5, 0.6) is 5.75 Å². The lowest BCUT2D eigenvalue weighted by Crippen LogP contribution is -2.50. The first kappa shape index (κ1) is 26.7. The third kappa shape index (κ3) is 9.11. The van der Waals surface area contributed by atoms with Gasteiger partial charge in [-0.2, -0.15) is 0 Å². The lowest BCUT2D eigenvalue weighted by atomic mass is 10.0. The molecule has 31 heavy (non-hydrogen) atoms. The Morgan fingerprint density at radius 2 is 1.58 bits per heavy atom. The summed E-state index contributed by atoms with van der Waals surface area (Å²) in [4.78, 5) is 24.7. The number of carbonyl (C=O) groups excluding carboxylic acids is 2. The fourth-order valence-electron chi connectivity index (χ4n) is 3.12. The van der Waals surface area contributed by atoms with Crippen molar-refractivity contribution in [3.05, 3.63) is 65.7 Å². The Hall–Kier alpha value is -2.38. The molecule has 0 aromatic heterocycles. The van der Waals surface area contributed by atoms with Crippen molar-refractivity contribution in [1.29, 1.82) is 0 Å². The third-order valence-corrected chi connectivity index (χ3v) is 4.79. The van der Waals surface area contributed by atoms with Gasteiger partial charge >= 0.3 is 5.97 Å². The molecule has 2 N–H and O–H groups in total. The molecule has 170 valence electrons. The molecule has 0 fully saturated rings. The summed E-state index contributed by atoms with van der Waals surface area (Å²) >= 11 is 0. The van der Waals surface area contributed by atoms with Gasteiger partial charge in [-0.15, -0.1) is 17.0 Å². The predicted octanol–water partition coefficient (Wildman–Crippen LogP) is 3.68. The van der Waals surface area contributed by atoms with Crippen molar-refractivity contribution in [3.63, 3.8) is 0 Å². The van der Waals surface area contributed by atoms with Gasteiger partial charge in [-0.05, 0) is 49.1 Å². The molecule has 0 bridgehead atoms. The number of benzene rings is 2. The number of hydrogen-bond donors (Lipinski definition) is 2. The zero-order valence-electron chi connectivity index (χ0n) is 18.6. The molecule has 2 aromatic carbocycles. The van der Waals surface area contributed by atoms with Gasteiger partial charge in [0, 0.05) is 0 Å². The van der Waals surface area contributed by atoms with Gasteiger partial charge in [0.15, 0.2) is 0 Å². The summed E-state index contributed by atoms with van der Waals surface area (Å²) in [6.07, 6.45) is 1.03. The fraction of sp³-hybridized carbons (Fsp3) is 0.417. The van der Waals surface area contributed by atoms with Gasteiger partial charge in [0.25, 0.3) is 0 Å². The molecule has 6 nitrogen and oxygen atoms in total. The molecule has 2 rings (SSSR count). The van der Waals surface area contributed by atoms with Crippen molar-refractivity contribution in [1.82, 2.24) is 10.6 Å². The number of carbonyl (C=O) groups is 2. The van der Waals surface area contributed by atoms with E-state index in [1.54, 1.807) is 7.05 Å². The largest absolute Gasteiger partial charge is 0.489 e. The number of halogens is 1. The number of methoxy groups -OCH3 is 1. The van der Waals surface area contributed by atoms with Crippen LogP contribution in [0.1, 0.15) is 31.4 Å². The SMILES string of the molecule is Br.CNC(Cc1ccc(OCc2ccccc2)cc1)C(=O)NC(CC(C)C)C(=O)OC. The molecule has 0 spiro atoms. The molecule has 0 aliphatic rings. The second-order valence-electron chi connectivity index (χ2n) is 7.68. The summed E-state index contributed by atoms with van der Waals surface area (Å²) in [6, 6.07) is 16.6. The quantitative estimate of drug-likeness (QED) is 0.467. The molecule has 0 saturated heterocycles. The Bertz CT molecular complexity index is 797. The summed E-state index contributed by atoms with van der Waals surface area (Å²) in [7, 11) is 3.07. The van der Waals surface area contributed by atoms with Crippen LogP contribution in [0.2, 0.25) is 0 Å². The minimum absolute atomic E-state index is 0. The van der Waals surface area contributed by atoms with Crippen LogP contribution in [0.3, 0.4) is 0 Å². The van der Waals surface area contributed by atoms with E-state index in [0.717, 1.165) is 16.9 Å². The van der Waals surface area contributed by atoms with E-state index in [1.807, 2.05) is 68.4 Å². The third-order valence-electron chi connectivity index (χ3n) is 4.79. The Morgan fingerprint density at radius 3 is 2.13 bits per heavy atom. The fourth-order valence-corrected chi connectivity index (χ4v) is 3.12. The second kappa shape index (κ2) is 13.8. The van der Waals surface area contributed by atoms with Gasteiger partial charge in [0.05, 0.1) is 13.2 Å². The van der Waals surface area contributed by atoms with Gasteiger partial charge < -0.3 is 20.1 Å². The molecule has 0 heterocycles. The molecule has 2 atom stereocenters. The number of hydrogen-bond acceptors (Lipinski definition) is 5. The van der Waals surface area contributed by atoms with E-state index in [0.29, 0.717) is 19.4 Å². The topological polar surface area (TPSA) is 76.7 Å². The average molecular weight is 493 g/mol. The minimum atomic E-state index is -0.646. The predicted molar refractivity (Wildman–Crippen MR) is 127 cm³/mol. The summed E-state index contributed by atoms with van der Waals surface area (Å²) < 4.78 is 10.6.